The van der Waals surface area contributed by atoms with Gasteiger partial charge in [0, 0.05) is 18.8 Å². The minimum absolute atomic E-state index is 0.0243. The van der Waals surface area contributed by atoms with Crippen molar-refractivity contribution in [3.05, 3.63) is 60.1 Å². The van der Waals surface area contributed by atoms with Crippen LogP contribution in [0.4, 0.5) is 14.5 Å². The van der Waals surface area contributed by atoms with E-state index in [1.807, 2.05) is 6.08 Å². The Morgan fingerprint density at radius 1 is 1.27 bits per heavy atom. The van der Waals surface area contributed by atoms with Crippen LogP contribution in [0.3, 0.4) is 0 Å². The lowest BCUT2D eigenvalue weighted by atomic mass is 9.96. The van der Waals surface area contributed by atoms with Gasteiger partial charge in [-0.3, -0.25) is 4.99 Å². The number of aliphatic imine (C=N–C) groups is 1. The number of nitrogens with two attached hydrogens (primary N) is 1. The average Bonchev–Trinajstić information content (AvgIpc) is 3.28. The first-order chi connectivity index (χ1) is 12.6. The molecule has 1 aromatic carbocycles. The Morgan fingerprint density at radius 2 is 2.12 bits per heavy atom. The molecule has 134 valence electrons. The van der Waals surface area contributed by atoms with Crippen LogP contribution >= 0.6 is 0 Å². The molecule has 3 heterocycles. The number of nitrogens with one attached hydrogen (secondary N) is 1. The lowest BCUT2D eigenvalue weighted by Crippen LogP contribution is -2.48. The summed E-state index contributed by atoms with van der Waals surface area (Å²) in [5, 5.41) is 7.13. The molecule has 0 fully saturated rings. The molecule has 3 N–H and O–H groups in total. The van der Waals surface area contributed by atoms with E-state index < -0.39 is 23.7 Å². The highest BCUT2D eigenvalue weighted by Gasteiger charge is 2.36. The largest absolute Gasteiger partial charge is 0.472 e. The molecule has 0 saturated heterocycles. The van der Waals surface area contributed by atoms with E-state index in [1.165, 1.54) is 22.3 Å². The Bertz CT molecular complexity index is 908. The predicted molar refractivity (Wildman–Crippen MR) is 93.8 cm³/mol. The van der Waals surface area contributed by atoms with Crippen molar-refractivity contribution in [2.45, 2.75) is 6.17 Å². The van der Waals surface area contributed by atoms with Gasteiger partial charge in [0.2, 0.25) is 0 Å². The number of allylic oxidation sites excluding steroid dienone is 1. The molecule has 4 rings (SSSR count). The zero-order valence-corrected chi connectivity index (χ0v) is 13.8. The highest BCUT2D eigenvalue weighted by atomic mass is 19.2. The number of furan rings is 1. The zero-order valence-electron chi connectivity index (χ0n) is 13.8. The first kappa shape index (κ1) is 16.4. The number of halogens is 2. The molecule has 2 unspecified atom stereocenters. The Labute approximate surface area is 148 Å². The van der Waals surface area contributed by atoms with Crippen molar-refractivity contribution in [3.8, 4) is 0 Å². The van der Waals surface area contributed by atoms with Gasteiger partial charge in [0.15, 0.2) is 17.5 Å². The summed E-state index contributed by atoms with van der Waals surface area (Å²) >= 11 is 0. The van der Waals surface area contributed by atoms with E-state index in [2.05, 4.69) is 15.6 Å². The summed E-state index contributed by atoms with van der Waals surface area (Å²) < 4.78 is 33.2. The van der Waals surface area contributed by atoms with Crippen LogP contribution in [0.25, 0.3) is 5.57 Å². The van der Waals surface area contributed by atoms with Crippen LogP contribution in [0.1, 0.15) is 5.56 Å². The first-order valence-electron chi connectivity index (χ1n) is 7.90. The van der Waals surface area contributed by atoms with Gasteiger partial charge in [0.25, 0.3) is 0 Å². The molecule has 0 amide bonds. The Kier molecular flexibility index (Phi) is 4.02. The molecule has 0 saturated carbocycles. The van der Waals surface area contributed by atoms with Crippen molar-refractivity contribution in [2.24, 2.45) is 21.7 Å². The molecule has 0 radical (unpaired) electrons. The molecule has 2 aliphatic rings. The molecule has 0 bridgehead atoms. The number of anilines is 1. The van der Waals surface area contributed by atoms with E-state index in [4.69, 9.17) is 10.2 Å². The molecule has 2 aliphatic heterocycles. The number of hydrazone groups is 1. The highest BCUT2D eigenvalue weighted by molar-refractivity contribution is 6.13. The molecular formula is C17H16F2N6O. The Hall–Kier alpha value is -3.04. The topological polar surface area (TPSA) is 82.4 Å². The van der Waals surface area contributed by atoms with E-state index in [1.54, 1.807) is 31.9 Å². The maximum Gasteiger partial charge on any atom is 0.184 e. The highest BCUT2D eigenvalue weighted by Crippen LogP contribution is 2.30. The smallest absolute Gasteiger partial charge is 0.184 e. The quantitative estimate of drug-likeness (QED) is 0.878. The van der Waals surface area contributed by atoms with E-state index in [9.17, 15) is 8.78 Å². The van der Waals surface area contributed by atoms with Crippen molar-refractivity contribution in [3.63, 3.8) is 0 Å². The number of hydrogen-bond donors (Lipinski definition) is 2. The Morgan fingerprint density at radius 3 is 2.88 bits per heavy atom. The summed E-state index contributed by atoms with van der Waals surface area (Å²) in [7, 11) is 1.64. The maximum absolute atomic E-state index is 14.3. The summed E-state index contributed by atoms with van der Waals surface area (Å²) in [6.45, 7) is 0. The van der Waals surface area contributed by atoms with E-state index in [-0.39, 0.29) is 5.69 Å². The van der Waals surface area contributed by atoms with Gasteiger partial charge in [0.05, 0.1) is 18.4 Å². The van der Waals surface area contributed by atoms with Gasteiger partial charge >= 0.3 is 0 Å². The van der Waals surface area contributed by atoms with Crippen LogP contribution < -0.4 is 16.3 Å². The van der Waals surface area contributed by atoms with E-state index in [0.717, 1.165) is 17.2 Å². The first-order valence-corrected chi connectivity index (χ1v) is 7.90. The van der Waals surface area contributed by atoms with Crippen LogP contribution in [-0.2, 0) is 0 Å². The fourth-order valence-electron chi connectivity index (χ4n) is 2.95. The van der Waals surface area contributed by atoms with Crippen LogP contribution in [0.5, 0.6) is 0 Å². The van der Waals surface area contributed by atoms with Crippen LogP contribution in [0.15, 0.2) is 57.4 Å². The summed E-state index contributed by atoms with van der Waals surface area (Å²) in [5.41, 5.74) is 10.5. The molecule has 0 spiro atoms. The predicted octanol–water partition coefficient (Wildman–Crippen LogP) is 2.11. The number of rotatable bonds is 3. The van der Waals surface area contributed by atoms with Crippen molar-refractivity contribution in [1.29, 1.82) is 0 Å². The fraction of sp³-hybridized carbons (Fsp3) is 0.176. The minimum Gasteiger partial charge on any atom is -0.472 e. The molecule has 9 heteroatoms. The van der Waals surface area contributed by atoms with E-state index in [0.29, 0.717) is 5.84 Å². The second kappa shape index (κ2) is 6.36. The van der Waals surface area contributed by atoms with Gasteiger partial charge in [-0.25, -0.2) is 19.3 Å². The second-order valence-corrected chi connectivity index (χ2v) is 5.91. The SMILES string of the molecule is CN1NN=C(C2C=C(c3ccoc3)C=NC2N)N1c1cccc(F)c1F. The normalized spacial score (nSPS) is 23.0. The molecule has 2 aromatic rings. The number of hydrogen-bond acceptors (Lipinski definition) is 7. The van der Waals surface area contributed by atoms with Gasteiger partial charge in [-0.05, 0) is 23.8 Å². The number of benzene rings is 1. The summed E-state index contributed by atoms with van der Waals surface area (Å²) in [6.07, 6.45) is 6.08. The molecule has 7 nitrogen and oxygen atoms in total. The van der Waals surface area contributed by atoms with Crippen molar-refractivity contribution in [2.75, 3.05) is 12.1 Å². The average molecular weight is 358 g/mol. The summed E-state index contributed by atoms with van der Waals surface area (Å²) in [4.78, 5) is 4.31. The third-order valence-electron chi connectivity index (χ3n) is 4.25. The molecule has 2 atom stereocenters. The number of hydrazine groups is 2. The third kappa shape index (κ3) is 2.67. The van der Waals surface area contributed by atoms with Gasteiger partial charge in [-0.2, -0.15) is 0 Å². The molecule has 26 heavy (non-hydrogen) atoms. The number of dihydropyridines is 1. The van der Waals surface area contributed by atoms with Crippen molar-refractivity contribution in [1.82, 2.24) is 10.7 Å². The minimum atomic E-state index is -0.970. The standard InChI is InChI=1S/C17H16F2N6O/c1-24-23-22-17(25(24)14-4-2-3-13(18)15(14)19)12-7-11(8-21-16(12)20)10-5-6-26-9-10/h2-9,12,16,23H,20H2,1H3. The van der Waals surface area contributed by atoms with Gasteiger partial charge in [-0.1, -0.05) is 12.1 Å². The third-order valence-corrected chi connectivity index (χ3v) is 4.25. The van der Waals surface area contributed by atoms with Crippen molar-refractivity contribution < 1.29 is 13.2 Å². The van der Waals surface area contributed by atoms with Crippen LogP contribution in [0.2, 0.25) is 0 Å². The zero-order chi connectivity index (χ0) is 18.3. The van der Waals surface area contributed by atoms with Crippen LogP contribution in [0, 0.1) is 17.6 Å². The van der Waals surface area contributed by atoms with E-state index >= 15 is 0 Å². The van der Waals surface area contributed by atoms with Gasteiger partial charge < -0.3 is 10.2 Å². The summed E-state index contributed by atoms with van der Waals surface area (Å²) in [5.74, 6) is -1.96. The lowest BCUT2D eigenvalue weighted by Gasteiger charge is -2.31. The van der Waals surface area contributed by atoms with Crippen LogP contribution in [-0.4, -0.2) is 30.4 Å². The molecule has 1 aromatic heterocycles. The molecule has 0 aliphatic carbocycles. The number of amidine groups is 1. The van der Waals surface area contributed by atoms with Gasteiger partial charge in [0.1, 0.15) is 11.9 Å². The fourth-order valence-corrected chi connectivity index (χ4v) is 2.95. The monoisotopic (exact) mass is 358 g/mol. The Balaban J connectivity index is 1.73. The van der Waals surface area contributed by atoms with Gasteiger partial charge in [-0.15, -0.1) is 10.2 Å². The maximum atomic E-state index is 14.3. The summed E-state index contributed by atoms with van der Waals surface area (Å²) in [6, 6.07) is 5.77. The lowest BCUT2D eigenvalue weighted by molar-refractivity contribution is 0.274. The van der Waals surface area contributed by atoms with Crippen molar-refractivity contribution >= 4 is 23.3 Å². The molecular weight excluding hydrogens is 342 g/mol. The second-order valence-electron chi connectivity index (χ2n) is 5.91. The number of nitrogens with zero attached hydrogens (tertiary/aromatic N) is 4.